The molecule has 0 spiro atoms. The van der Waals surface area contributed by atoms with Crippen molar-refractivity contribution in [2.24, 2.45) is 5.92 Å². The molecule has 0 aromatic rings. The molecule has 0 saturated carbocycles. The lowest BCUT2D eigenvalue weighted by Crippen LogP contribution is -2.13. The number of alkyl halides is 2. The molecule has 0 unspecified atom stereocenters. The third-order valence-corrected chi connectivity index (χ3v) is 3.92. The highest BCUT2D eigenvalue weighted by Crippen LogP contribution is 2.18. The van der Waals surface area contributed by atoms with Gasteiger partial charge in [0, 0.05) is 23.0 Å². The van der Waals surface area contributed by atoms with Crippen molar-refractivity contribution in [3.63, 3.8) is 0 Å². The van der Waals surface area contributed by atoms with E-state index in [2.05, 4.69) is 31.9 Å². The first-order valence-electron chi connectivity index (χ1n) is 4.66. The minimum absolute atomic E-state index is 0.527. The normalized spacial score (nSPS) is 16.5. The molecular formula is C10H13BBr2O. The Morgan fingerprint density at radius 1 is 1.29 bits per heavy atom. The van der Waals surface area contributed by atoms with Crippen molar-refractivity contribution in [3.8, 4) is 0 Å². The standard InChI is InChI=1S/C10H13BBr2O/c11-9-1-3-10(4-2-9)14-7-8(5-12)6-13/h1,3,8H,2,4-7H2. The predicted molar refractivity (Wildman–Crippen MR) is 68.2 cm³/mol. The highest BCUT2D eigenvalue weighted by Gasteiger charge is 2.08. The molecular weight excluding hydrogens is 307 g/mol. The number of rotatable bonds is 5. The first-order chi connectivity index (χ1) is 6.76. The number of hydrogen-bond donors (Lipinski definition) is 0. The Bertz CT molecular complexity index is 234. The molecule has 1 aliphatic carbocycles. The summed E-state index contributed by atoms with van der Waals surface area (Å²) in [5.41, 5.74) is 0.940. The van der Waals surface area contributed by atoms with E-state index < -0.39 is 0 Å². The van der Waals surface area contributed by atoms with Gasteiger partial charge in [-0.2, -0.15) is 0 Å². The van der Waals surface area contributed by atoms with E-state index in [4.69, 9.17) is 12.6 Å². The van der Waals surface area contributed by atoms with Crippen LogP contribution in [0, 0.1) is 5.92 Å². The summed E-state index contributed by atoms with van der Waals surface area (Å²) in [6.07, 6.45) is 5.74. The lowest BCUT2D eigenvalue weighted by Gasteiger charge is -2.17. The number of hydrogen-bond acceptors (Lipinski definition) is 1. The van der Waals surface area contributed by atoms with Crippen molar-refractivity contribution in [2.75, 3.05) is 17.3 Å². The molecule has 1 aliphatic rings. The van der Waals surface area contributed by atoms with Gasteiger partial charge in [0.25, 0.3) is 0 Å². The van der Waals surface area contributed by atoms with Gasteiger partial charge in [-0.3, -0.25) is 0 Å². The maximum absolute atomic E-state index is 5.68. The monoisotopic (exact) mass is 318 g/mol. The average molecular weight is 320 g/mol. The molecule has 0 N–H and O–H groups in total. The summed E-state index contributed by atoms with van der Waals surface area (Å²) in [4.78, 5) is 0. The van der Waals surface area contributed by atoms with Crippen LogP contribution in [0.4, 0.5) is 0 Å². The van der Waals surface area contributed by atoms with Crippen LogP contribution in [-0.4, -0.2) is 25.1 Å². The lowest BCUT2D eigenvalue weighted by molar-refractivity contribution is 0.174. The van der Waals surface area contributed by atoms with Gasteiger partial charge >= 0.3 is 0 Å². The Hall–Kier alpha value is 0.305. The van der Waals surface area contributed by atoms with Crippen LogP contribution in [0.5, 0.6) is 0 Å². The van der Waals surface area contributed by atoms with E-state index in [0.717, 1.165) is 41.3 Å². The van der Waals surface area contributed by atoms with Crippen molar-refractivity contribution in [1.29, 1.82) is 0 Å². The van der Waals surface area contributed by atoms with Crippen LogP contribution in [0.25, 0.3) is 0 Å². The van der Waals surface area contributed by atoms with Crippen LogP contribution < -0.4 is 0 Å². The summed E-state index contributed by atoms with van der Waals surface area (Å²) in [6.45, 7) is 0.760. The van der Waals surface area contributed by atoms with Crippen LogP contribution in [0.3, 0.4) is 0 Å². The average Bonchev–Trinajstić information content (AvgIpc) is 2.22. The fourth-order valence-electron chi connectivity index (χ4n) is 1.11. The Morgan fingerprint density at radius 3 is 2.50 bits per heavy atom. The largest absolute Gasteiger partial charge is 0.498 e. The van der Waals surface area contributed by atoms with Gasteiger partial charge in [-0.1, -0.05) is 37.9 Å². The minimum Gasteiger partial charge on any atom is -0.498 e. The van der Waals surface area contributed by atoms with Crippen LogP contribution in [0.2, 0.25) is 0 Å². The summed E-state index contributed by atoms with van der Waals surface area (Å²) < 4.78 is 5.68. The number of halogens is 2. The Kier molecular flexibility index (Phi) is 5.95. The highest BCUT2D eigenvalue weighted by atomic mass is 79.9. The van der Waals surface area contributed by atoms with E-state index in [1.54, 1.807) is 0 Å². The third-order valence-electron chi connectivity index (χ3n) is 2.08. The second kappa shape index (κ2) is 6.73. The topological polar surface area (TPSA) is 9.23 Å². The molecule has 14 heavy (non-hydrogen) atoms. The van der Waals surface area contributed by atoms with Crippen LogP contribution in [0.15, 0.2) is 23.4 Å². The fourth-order valence-corrected chi connectivity index (χ4v) is 2.56. The Morgan fingerprint density at radius 2 is 2.00 bits per heavy atom. The van der Waals surface area contributed by atoms with E-state index in [0.29, 0.717) is 5.92 Å². The van der Waals surface area contributed by atoms with E-state index in [-0.39, 0.29) is 0 Å². The van der Waals surface area contributed by atoms with Crippen LogP contribution in [-0.2, 0) is 4.74 Å². The van der Waals surface area contributed by atoms with E-state index in [9.17, 15) is 0 Å². The zero-order chi connectivity index (χ0) is 10.4. The third kappa shape index (κ3) is 4.22. The Labute approximate surface area is 104 Å². The van der Waals surface area contributed by atoms with E-state index in [1.807, 2.05) is 12.2 Å². The predicted octanol–water partition coefficient (Wildman–Crippen LogP) is 3.14. The maximum atomic E-state index is 5.68. The van der Waals surface area contributed by atoms with Crippen molar-refractivity contribution in [3.05, 3.63) is 23.4 Å². The van der Waals surface area contributed by atoms with Crippen molar-refractivity contribution in [2.45, 2.75) is 12.8 Å². The van der Waals surface area contributed by atoms with Crippen molar-refractivity contribution >= 4 is 39.7 Å². The van der Waals surface area contributed by atoms with Gasteiger partial charge in [0.2, 0.25) is 0 Å². The van der Waals surface area contributed by atoms with Crippen LogP contribution in [0.1, 0.15) is 12.8 Å². The minimum atomic E-state index is 0.527. The summed E-state index contributed by atoms with van der Waals surface area (Å²) in [7, 11) is 5.65. The Balaban J connectivity index is 2.31. The second-order valence-electron chi connectivity index (χ2n) is 3.36. The molecule has 0 aliphatic heterocycles. The fraction of sp³-hybridized carbons (Fsp3) is 0.600. The quantitative estimate of drug-likeness (QED) is 0.559. The first kappa shape index (κ1) is 12.4. The highest BCUT2D eigenvalue weighted by molar-refractivity contribution is 9.09. The molecule has 0 saturated heterocycles. The van der Waals surface area contributed by atoms with Crippen LogP contribution >= 0.6 is 31.9 Å². The number of allylic oxidation sites excluding steroid dienone is 4. The number of ether oxygens (including phenoxy) is 1. The summed E-state index contributed by atoms with van der Waals surface area (Å²) in [6, 6.07) is 0. The molecule has 0 atom stereocenters. The van der Waals surface area contributed by atoms with Gasteiger partial charge in [0.05, 0.1) is 12.4 Å². The van der Waals surface area contributed by atoms with Gasteiger partial charge in [-0.15, -0.1) is 5.47 Å². The van der Waals surface area contributed by atoms with Gasteiger partial charge in [-0.25, -0.2) is 0 Å². The zero-order valence-corrected chi connectivity index (χ0v) is 11.2. The van der Waals surface area contributed by atoms with Gasteiger partial charge in [-0.05, 0) is 12.5 Å². The first-order valence-corrected chi connectivity index (χ1v) is 6.90. The zero-order valence-electron chi connectivity index (χ0n) is 8.01. The lowest BCUT2D eigenvalue weighted by atomic mass is 9.88. The molecule has 0 aromatic heterocycles. The molecule has 1 rings (SSSR count). The molecule has 0 heterocycles. The summed E-state index contributed by atoms with van der Waals surface area (Å²) in [5.74, 6) is 1.57. The summed E-state index contributed by atoms with van der Waals surface area (Å²) >= 11 is 6.90. The summed E-state index contributed by atoms with van der Waals surface area (Å²) in [5, 5.41) is 1.92. The molecule has 4 heteroatoms. The van der Waals surface area contributed by atoms with E-state index in [1.165, 1.54) is 0 Å². The van der Waals surface area contributed by atoms with Gasteiger partial charge in [0.1, 0.15) is 7.85 Å². The van der Waals surface area contributed by atoms with E-state index >= 15 is 0 Å². The smallest absolute Gasteiger partial charge is 0.107 e. The van der Waals surface area contributed by atoms with Gasteiger partial charge in [0.15, 0.2) is 0 Å². The molecule has 0 aromatic carbocycles. The molecule has 1 nitrogen and oxygen atoms in total. The molecule has 0 bridgehead atoms. The molecule has 2 radical (unpaired) electrons. The maximum Gasteiger partial charge on any atom is 0.107 e. The molecule has 0 fully saturated rings. The van der Waals surface area contributed by atoms with Crippen molar-refractivity contribution in [1.82, 2.24) is 0 Å². The molecule has 0 amide bonds. The SMILES string of the molecule is [B]C1=CC=C(OCC(CBr)CBr)CC1. The van der Waals surface area contributed by atoms with Crippen molar-refractivity contribution < 1.29 is 4.74 Å². The van der Waals surface area contributed by atoms with Gasteiger partial charge < -0.3 is 4.74 Å². The molecule has 76 valence electrons. The second-order valence-corrected chi connectivity index (χ2v) is 4.66.